The molecule has 2 aromatic rings. The molecule has 0 unspecified atom stereocenters. The molecule has 204 valence electrons. The second-order valence-electron chi connectivity index (χ2n) is 10.9. The summed E-state index contributed by atoms with van der Waals surface area (Å²) >= 11 is 0. The zero-order chi connectivity index (χ0) is 26.7. The Labute approximate surface area is 225 Å². The van der Waals surface area contributed by atoms with Crippen molar-refractivity contribution in [1.29, 1.82) is 0 Å². The molecule has 2 saturated heterocycles. The number of rotatable bonds is 8. The molecule has 2 aliphatic heterocycles. The minimum atomic E-state index is -1.49. The molecular formula is C29H42O6P2. The molecule has 0 saturated carbocycles. The molecule has 0 amide bonds. The van der Waals surface area contributed by atoms with Crippen molar-refractivity contribution in [2.24, 2.45) is 5.41 Å². The third-order valence-corrected chi connectivity index (χ3v) is 8.94. The Hall–Kier alpha value is -1.26. The van der Waals surface area contributed by atoms with Crippen molar-refractivity contribution >= 4 is 17.2 Å². The lowest BCUT2D eigenvalue weighted by Crippen LogP contribution is -2.45. The SMILES string of the molecule is CCc1cc(C)cc(CC)c1OP1OCC2(CO1)COP(Oc1c(C(C)C)cc(C)cc1C(C)C)OC2. The first-order valence-electron chi connectivity index (χ1n) is 13.4. The van der Waals surface area contributed by atoms with E-state index in [9.17, 15) is 0 Å². The fourth-order valence-electron chi connectivity index (χ4n) is 4.70. The van der Waals surface area contributed by atoms with Crippen LogP contribution >= 0.6 is 17.2 Å². The van der Waals surface area contributed by atoms with Crippen LogP contribution in [0.1, 0.15) is 86.8 Å². The van der Waals surface area contributed by atoms with Crippen LogP contribution < -0.4 is 9.05 Å². The zero-order valence-electron chi connectivity index (χ0n) is 23.6. The lowest BCUT2D eigenvalue weighted by atomic mass is 9.92. The van der Waals surface area contributed by atoms with Gasteiger partial charge >= 0.3 is 17.2 Å². The molecule has 0 radical (unpaired) electrons. The van der Waals surface area contributed by atoms with Crippen LogP contribution in [0.15, 0.2) is 24.3 Å². The Morgan fingerprint density at radius 2 is 1.05 bits per heavy atom. The summed E-state index contributed by atoms with van der Waals surface area (Å²) in [6, 6.07) is 8.78. The lowest BCUT2D eigenvalue weighted by Gasteiger charge is -2.41. The maximum absolute atomic E-state index is 6.41. The number of benzene rings is 2. The van der Waals surface area contributed by atoms with Gasteiger partial charge < -0.3 is 27.1 Å². The molecule has 1 spiro atoms. The van der Waals surface area contributed by atoms with Crippen molar-refractivity contribution in [2.75, 3.05) is 26.4 Å². The second kappa shape index (κ2) is 12.3. The maximum atomic E-state index is 6.41. The normalized spacial score (nSPS) is 24.2. The first kappa shape index (κ1) is 28.7. The Morgan fingerprint density at radius 1 is 0.676 bits per heavy atom. The van der Waals surface area contributed by atoms with Gasteiger partial charge in [-0.1, -0.05) is 76.9 Å². The van der Waals surface area contributed by atoms with Crippen molar-refractivity contribution in [3.05, 3.63) is 57.6 Å². The molecule has 2 heterocycles. The highest BCUT2D eigenvalue weighted by Crippen LogP contribution is 2.55. The van der Waals surface area contributed by atoms with E-state index in [0.717, 1.165) is 24.3 Å². The molecule has 2 fully saturated rings. The fraction of sp³-hybridized carbons (Fsp3) is 0.586. The van der Waals surface area contributed by atoms with Crippen molar-refractivity contribution in [1.82, 2.24) is 0 Å². The Bertz CT molecular complexity index is 1010. The average Bonchev–Trinajstić information content (AvgIpc) is 2.87. The highest BCUT2D eigenvalue weighted by atomic mass is 31.2. The second-order valence-corrected chi connectivity index (χ2v) is 13.2. The Morgan fingerprint density at radius 3 is 1.43 bits per heavy atom. The van der Waals surface area contributed by atoms with E-state index < -0.39 is 17.2 Å². The topological polar surface area (TPSA) is 55.4 Å². The fourth-order valence-corrected chi connectivity index (χ4v) is 7.32. The largest absolute Gasteiger partial charge is 0.426 e. The van der Waals surface area contributed by atoms with Gasteiger partial charge in [0.05, 0.1) is 31.8 Å². The van der Waals surface area contributed by atoms with Gasteiger partial charge in [0.25, 0.3) is 0 Å². The molecule has 2 aromatic carbocycles. The summed E-state index contributed by atoms with van der Waals surface area (Å²) in [5, 5.41) is 0. The van der Waals surface area contributed by atoms with Crippen LogP contribution in [0.5, 0.6) is 11.5 Å². The Balaban J connectivity index is 1.38. The van der Waals surface area contributed by atoms with E-state index in [2.05, 4.69) is 79.7 Å². The van der Waals surface area contributed by atoms with Gasteiger partial charge in [0, 0.05) is 0 Å². The van der Waals surface area contributed by atoms with Gasteiger partial charge in [-0.15, -0.1) is 0 Å². The highest BCUT2D eigenvalue weighted by molar-refractivity contribution is 7.42. The van der Waals surface area contributed by atoms with Gasteiger partial charge in [-0.25, -0.2) is 0 Å². The Kier molecular flexibility index (Phi) is 9.54. The summed E-state index contributed by atoms with van der Waals surface area (Å²) in [5.41, 5.74) is 6.91. The van der Waals surface area contributed by atoms with Crippen molar-refractivity contribution in [3.8, 4) is 11.5 Å². The van der Waals surface area contributed by atoms with Crippen LogP contribution in [-0.4, -0.2) is 26.4 Å². The van der Waals surface area contributed by atoms with Gasteiger partial charge in [-0.3, -0.25) is 0 Å². The van der Waals surface area contributed by atoms with Crippen LogP contribution in [-0.2, 0) is 30.9 Å². The van der Waals surface area contributed by atoms with Crippen LogP contribution in [0.3, 0.4) is 0 Å². The van der Waals surface area contributed by atoms with Crippen LogP contribution in [0.2, 0.25) is 0 Å². The predicted octanol–water partition coefficient (Wildman–Crippen LogP) is 8.67. The van der Waals surface area contributed by atoms with Crippen molar-refractivity contribution in [3.63, 3.8) is 0 Å². The van der Waals surface area contributed by atoms with E-state index in [0.29, 0.717) is 38.3 Å². The average molecular weight is 549 g/mol. The van der Waals surface area contributed by atoms with Crippen LogP contribution in [0.4, 0.5) is 0 Å². The zero-order valence-corrected chi connectivity index (χ0v) is 25.3. The predicted molar refractivity (Wildman–Crippen MR) is 151 cm³/mol. The minimum Gasteiger partial charge on any atom is -0.426 e. The molecular weight excluding hydrogens is 506 g/mol. The van der Waals surface area contributed by atoms with Gasteiger partial charge in [0.1, 0.15) is 11.5 Å². The summed E-state index contributed by atoms with van der Waals surface area (Å²) < 4.78 is 37.2. The van der Waals surface area contributed by atoms with E-state index in [-0.39, 0.29) is 5.41 Å². The monoisotopic (exact) mass is 548 g/mol. The molecule has 0 aromatic heterocycles. The van der Waals surface area contributed by atoms with Gasteiger partial charge in [0.15, 0.2) is 0 Å². The lowest BCUT2D eigenvalue weighted by molar-refractivity contribution is -0.0674. The maximum Gasteiger partial charge on any atom is 0.397 e. The molecule has 4 rings (SSSR count). The van der Waals surface area contributed by atoms with E-state index in [1.807, 2.05) is 0 Å². The minimum absolute atomic E-state index is 0.341. The molecule has 0 bridgehead atoms. The highest BCUT2D eigenvalue weighted by Gasteiger charge is 2.45. The molecule has 8 heteroatoms. The van der Waals surface area contributed by atoms with E-state index in [1.54, 1.807) is 0 Å². The molecule has 0 N–H and O–H groups in total. The van der Waals surface area contributed by atoms with Crippen molar-refractivity contribution < 1.29 is 27.1 Å². The first-order valence-corrected chi connectivity index (χ1v) is 15.6. The molecule has 2 aliphatic rings. The smallest absolute Gasteiger partial charge is 0.397 e. The number of hydrogen-bond acceptors (Lipinski definition) is 6. The molecule has 37 heavy (non-hydrogen) atoms. The van der Waals surface area contributed by atoms with Crippen LogP contribution in [0, 0.1) is 19.3 Å². The quantitative estimate of drug-likeness (QED) is 0.308. The van der Waals surface area contributed by atoms with E-state index in [4.69, 9.17) is 27.1 Å². The summed E-state index contributed by atoms with van der Waals surface area (Å²) in [7, 11) is -2.96. The van der Waals surface area contributed by atoms with Crippen LogP contribution in [0.25, 0.3) is 0 Å². The number of aryl methyl sites for hydroxylation is 4. The summed E-state index contributed by atoms with van der Waals surface area (Å²) in [4.78, 5) is 0. The van der Waals surface area contributed by atoms with E-state index in [1.165, 1.54) is 33.4 Å². The summed E-state index contributed by atoms with van der Waals surface area (Å²) in [6.45, 7) is 19.2. The molecule has 0 atom stereocenters. The first-order chi connectivity index (χ1) is 17.6. The van der Waals surface area contributed by atoms with Gasteiger partial charge in [0.2, 0.25) is 0 Å². The van der Waals surface area contributed by atoms with Crippen molar-refractivity contribution in [2.45, 2.75) is 80.1 Å². The third-order valence-electron chi connectivity index (χ3n) is 6.92. The molecule has 6 nitrogen and oxygen atoms in total. The van der Waals surface area contributed by atoms with Gasteiger partial charge in [-0.2, -0.15) is 0 Å². The molecule has 0 aliphatic carbocycles. The summed E-state index contributed by atoms with van der Waals surface area (Å²) in [5.74, 6) is 2.49. The van der Waals surface area contributed by atoms with E-state index >= 15 is 0 Å². The third kappa shape index (κ3) is 6.67. The standard InChI is InChI=1S/C29H42O6P2/c1-9-23-11-21(7)12-24(10-2)27(23)34-36-30-15-29(16-31-36)17-32-37(33-18-29)35-28-25(19(3)4)13-22(8)14-26(28)20(5)6/h11-14,19-20H,9-10,15-18H2,1-8H3. The van der Waals surface area contributed by atoms with Gasteiger partial charge in [-0.05, 0) is 60.8 Å². The summed E-state index contributed by atoms with van der Waals surface area (Å²) in [6.07, 6.45) is 1.81. The number of hydrogen-bond donors (Lipinski definition) is 0.